The molecular formula is C34H58O6. The SMILES string of the molecule is CCCCCCCCCC(=O)O[C@@H]1CC[C@@]2(C)[C@@H](C1)C[C@@H](O)[C@@H]1[C@@H]2C[C@H](O)[C@]2(C)[C@@H]([C@H](C)CCC(=O)O)CC[C@@H]12. The van der Waals surface area contributed by atoms with Crippen molar-refractivity contribution in [3.05, 3.63) is 0 Å². The Hall–Kier alpha value is -1.14. The number of esters is 1. The molecule has 4 fully saturated rings. The first-order valence-electron chi connectivity index (χ1n) is 16.8. The van der Waals surface area contributed by atoms with Crippen molar-refractivity contribution in [1.82, 2.24) is 0 Å². The summed E-state index contributed by atoms with van der Waals surface area (Å²) in [6.07, 6.45) is 14.9. The van der Waals surface area contributed by atoms with Crippen molar-refractivity contribution in [2.75, 3.05) is 0 Å². The number of carbonyl (C=O) groups excluding carboxylic acids is 1. The third-order valence-electron chi connectivity index (χ3n) is 12.6. The van der Waals surface area contributed by atoms with Gasteiger partial charge in [0.05, 0.1) is 12.2 Å². The smallest absolute Gasteiger partial charge is 0.306 e. The molecule has 4 aliphatic rings. The molecule has 6 nitrogen and oxygen atoms in total. The van der Waals surface area contributed by atoms with Crippen molar-refractivity contribution in [3.63, 3.8) is 0 Å². The highest BCUT2D eigenvalue weighted by Gasteiger charge is 2.65. The van der Waals surface area contributed by atoms with Crippen LogP contribution in [0.2, 0.25) is 0 Å². The highest BCUT2D eigenvalue weighted by molar-refractivity contribution is 5.69. The molecule has 11 atom stereocenters. The normalized spacial score (nSPS) is 41.5. The van der Waals surface area contributed by atoms with Crippen LogP contribution in [0.25, 0.3) is 0 Å². The van der Waals surface area contributed by atoms with E-state index < -0.39 is 18.2 Å². The standard InChI is InChI=1S/C34H58O6/c1-5-6-7-8-9-10-11-12-31(39)40-24-17-18-33(3)23(19-24)20-28(35)32-26-15-14-25(22(2)13-16-30(37)38)34(26,4)29(36)21-27(32)33/h22-29,32,35-36H,5-21H2,1-4H3,(H,37,38)/t22-,23+,24-,25-,26+,27+,28-,29+,32+,33+,34-/m1/s1. The molecule has 0 aromatic carbocycles. The summed E-state index contributed by atoms with van der Waals surface area (Å²) in [5.41, 5.74) is -0.230. The summed E-state index contributed by atoms with van der Waals surface area (Å²) in [7, 11) is 0. The zero-order valence-electron chi connectivity index (χ0n) is 25.8. The van der Waals surface area contributed by atoms with Gasteiger partial charge in [0.1, 0.15) is 6.10 Å². The third-order valence-corrected chi connectivity index (χ3v) is 12.6. The zero-order chi connectivity index (χ0) is 29.1. The number of carbonyl (C=O) groups is 2. The second-order valence-electron chi connectivity index (χ2n) is 14.8. The van der Waals surface area contributed by atoms with Crippen molar-refractivity contribution in [3.8, 4) is 0 Å². The Labute approximate surface area is 243 Å². The van der Waals surface area contributed by atoms with Gasteiger partial charge in [0.25, 0.3) is 0 Å². The quantitative estimate of drug-likeness (QED) is 0.163. The molecule has 0 spiro atoms. The van der Waals surface area contributed by atoms with Crippen LogP contribution in [0.1, 0.15) is 137 Å². The first kappa shape index (κ1) is 31.8. The van der Waals surface area contributed by atoms with E-state index in [1.807, 2.05) is 0 Å². The molecule has 0 unspecified atom stereocenters. The van der Waals surface area contributed by atoms with Crippen LogP contribution < -0.4 is 0 Å². The van der Waals surface area contributed by atoms with E-state index in [0.29, 0.717) is 25.2 Å². The summed E-state index contributed by atoms with van der Waals surface area (Å²) in [5.74, 6) is 0.742. The van der Waals surface area contributed by atoms with Gasteiger partial charge in [0.2, 0.25) is 0 Å². The third kappa shape index (κ3) is 6.43. The number of carboxylic acid groups (broad SMARTS) is 1. The summed E-state index contributed by atoms with van der Waals surface area (Å²) in [4.78, 5) is 23.8. The first-order chi connectivity index (χ1) is 19.0. The zero-order valence-corrected chi connectivity index (χ0v) is 25.8. The maximum absolute atomic E-state index is 12.6. The largest absolute Gasteiger partial charge is 0.481 e. The van der Waals surface area contributed by atoms with Gasteiger partial charge in [0, 0.05) is 12.8 Å². The van der Waals surface area contributed by atoms with Crippen molar-refractivity contribution < 1.29 is 29.6 Å². The van der Waals surface area contributed by atoms with Gasteiger partial charge in [-0.05, 0) is 104 Å². The lowest BCUT2D eigenvalue weighted by molar-refractivity contribution is -0.209. The second-order valence-corrected chi connectivity index (χ2v) is 14.8. The fourth-order valence-corrected chi connectivity index (χ4v) is 10.2. The minimum absolute atomic E-state index is 0.0423. The number of hydrogen-bond acceptors (Lipinski definition) is 5. The molecule has 0 aliphatic heterocycles. The topological polar surface area (TPSA) is 104 Å². The van der Waals surface area contributed by atoms with E-state index in [0.717, 1.165) is 51.4 Å². The average molecular weight is 563 g/mol. The molecule has 0 heterocycles. The van der Waals surface area contributed by atoms with Crippen LogP contribution in [-0.4, -0.2) is 45.6 Å². The molecule has 3 N–H and O–H groups in total. The van der Waals surface area contributed by atoms with E-state index >= 15 is 0 Å². The summed E-state index contributed by atoms with van der Waals surface area (Å²) in [6, 6.07) is 0. The van der Waals surface area contributed by atoms with E-state index in [1.54, 1.807) is 0 Å². The fraction of sp³-hybridized carbons (Fsp3) is 0.941. The van der Waals surface area contributed by atoms with Crippen LogP contribution in [0.5, 0.6) is 0 Å². The number of unbranched alkanes of at least 4 members (excludes halogenated alkanes) is 6. The van der Waals surface area contributed by atoms with E-state index in [4.69, 9.17) is 4.74 Å². The number of aliphatic carboxylic acids is 1. The minimum atomic E-state index is -0.753. The molecule has 0 radical (unpaired) electrons. The van der Waals surface area contributed by atoms with Crippen molar-refractivity contribution in [2.45, 2.75) is 155 Å². The van der Waals surface area contributed by atoms with Crippen LogP contribution in [0.15, 0.2) is 0 Å². The molecule has 0 aromatic rings. The highest BCUT2D eigenvalue weighted by atomic mass is 16.5. The molecule has 0 bridgehead atoms. The van der Waals surface area contributed by atoms with Gasteiger partial charge in [-0.1, -0.05) is 66.2 Å². The molecule has 0 amide bonds. The molecule has 230 valence electrons. The number of aliphatic hydroxyl groups is 2. The molecule has 0 aromatic heterocycles. The van der Waals surface area contributed by atoms with E-state index in [-0.39, 0.29) is 58.9 Å². The lowest BCUT2D eigenvalue weighted by Gasteiger charge is -2.63. The maximum Gasteiger partial charge on any atom is 0.306 e. The van der Waals surface area contributed by atoms with E-state index in [1.165, 1.54) is 32.1 Å². The van der Waals surface area contributed by atoms with Crippen molar-refractivity contribution in [2.24, 2.45) is 46.3 Å². The maximum atomic E-state index is 12.6. The molecule has 0 saturated heterocycles. The van der Waals surface area contributed by atoms with E-state index in [2.05, 4.69) is 27.7 Å². The predicted octanol–water partition coefficient (Wildman–Crippen LogP) is 7.14. The summed E-state index contributed by atoms with van der Waals surface area (Å²) in [6.45, 7) is 9.00. The average Bonchev–Trinajstić information content (AvgIpc) is 3.26. The number of aliphatic hydroxyl groups excluding tert-OH is 2. The number of carboxylic acids is 1. The molecule has 40 heavy (non-hydrogen) atoms. The molecule has 4 rings (SSSR count). The summed E-state index contributed by atoms with van der Waals surface area (Å²) >= 11 is 0. The molecule has 4 aliphatic carbocycles. The van der Waals surface area contributed by atoms with Gasteiger partial charge in [-0.15, -0.1) is 0 Å². The second kappa shape index (κ2) is 13.4. The Bertz CT molecular complexity index is 859. The van der Waals surface area contributed by atoms with Gasteiger partial charge >= 0.3 is 11.9 Å². The first-order valence-corrected chi connectivity index (χ1v) is 16.8. The predicted molar refractivity (Wildman–Crippen MR) is 157 cm³/mol. The molecular weight excluding hydrogens is 504 g/mol. The Morgan fingerprint density at radius 2 is 1.60 bits per heavy atom. The van der Waals surface area contributed by atoms with Gasteiger partial charge < -0.3 is 20.1 Å². The monoisotopic (exact) mass is 562 g/mol. The number of ether oxygens (including phenoxy) is 1. The van der Waals surface area contributed by atoms with Crippen molar-refractivity contribution >= 4 is 11.9 Å². The number of rotatable bonds is 13. The number of fused-ring (bicyclic) bond motifs is 5. The van der Waals surface area contributed by atoms with Gasteiger partial charge in [-0.3, -0.25) is 9.59 Å². The van der Waals surface area contributed by atoms with Crippen LogP contribution >= 0.6 is 0 Å². The van der Waals surface area contributed by atoms with Gasteiger partial charge in [-0.25, -0.2) is 0 Å². The van der Waals surface area contributed by atoms with Crippen LogP contribution in [0.4, 0.5) is 0 Å². The fourth-order valence-electron chi connectivity index (χ4n) is 10.2. The Morgan fingerprint density at radius 3 is 2.30 bits per heavy atom. The van der Waals surface area contributed by atoms with E-state index in [9.17, 15) is 24.9 Å². The highest BCUT2D eigenvalue weighted by Crippen LogP contribution is 2.68. The van der Waals surface area contributed by atoms with Gasteiger partial charge in [0.15, 0.2) is 0 Å². The van der Waals surface area contributed by atoms with Crippen LogP contribution in [-0.2, 0) is 14.3 Å². The minimum Gasteiger partial charge on any atom is -0.481 e. The van der Waals surface area contributed by atoms with Crippen molar-refractivity contribution in [1.29, 1.82) is 0 Å². The molecule has 6 heteroatoms. The Morgan fingerprint density at radius 1 is 0.900 bits per heavy atom. The lowest BCUT2D eigenvalue weighted by Crippen LogP contribution is -2.62. The number of hydrogen-bond donors (Lipinski definition) is 3. The summed E-state index contributed by atoms with van der Waals surface area (Å²) < 4.78 is 5.98. The van der Waals surface area contributed by atoms with Crippen LogP contribution in [0, 0.1) is 46.3 Å². The lowest BCUT2D eigenvalue weighted by atomic mass is 9.43. The molecule has 4 saturated carbocycles. The van der Waals surface area contributed by atoms with Gasteiger partial charge in [-0.2, -0.15) is 0 Å². The Balaban J connectivity index is 1.34. The Kier molecular flexibility index (Phi) is 10.7. The summed E-state index contributed by atoms with van der Waals surface area (Å²) in [5, 5.41) is 32.6. The van der Waals surface area contributed by atoms with Crippen LogP contribution in [0.3, 0.4) is 0 Å².